The summed E-state index contributed by atoms with van der Waals surface area (Å²) in [4.78, 5) is 18.4. The first-order chi connectivity index (χ1) is 11.2. The number of hydrogen-bond donors (Lipinski definition) is 1. The number of fused-ring (bicyclic) bond motifs is 3. The van der Waals surface area contributed by atoms with E-state index in [1.807, 2.05) is 0 Å². The molecule has 120 valence electrons. The summed E-state index contributed by atoms with van der Waals surface area (Å²) < 4.78 is 0. The molecule has 0 radical (unpaired) electrons. The van der Waals surface area contributed by atoms with Gasteiger partial charge in [0.15, 0.2) is 5.17 Å². The Labute approximate surface area is 141 Å². The third kappa shape index (κ3) is 2.78. The molecule has 1 aromatic rings. The van der Waals surface area contributed by atoms with E-state index in [9.17, 15) is 4.79 Å². The van der Waals surface area contributed by atoms with Crippen LogP contribution in [0.25, 0.3) is 5.70 Å². The predicted octanol–water partition coefficient (Wildman–Crippen LogP) is 3.35. The molecule has 2 aliphatic heterocycles. The number of nitrogens with one attached hydrogen (secondary N) is 1. The summed E-state index contributed by atoms with van der Waals surface area (Å²) in [6.07, 6.45) is 5.10. The van der Waals surface area contributed by atoms with E-state index in [0.717, 1.165) is 5.56 Å². The van der Waals surface area contributed by atoms with Gasteiger partial charge >= 0.3 is 0 Å². The molecule has 2 heterocycles. The molecule has 0 saturated heterocycles. The van der Waals surface area contributed by atoms with Gasteiger partial charge in [-0.3, -0.25) is 9.79 Å². The van der Waals surface area contributed by atoms with Crippen LogP contribution in [0.1, 0.15) is 43.7 Å². The van der Waals surface area contributed by atoms with E-state index in [2.05, 4.69) is 39.9 Å². The van der Waals surface area contributed by atoms with Gasteiger partial charge in [0.1, 0.15) is 0 Å². The SMILES string of the molecule is CC(=O)NCc1ccc(C2=CSC3=N[C@H]4CCCC[C@H]4N23)cc1. The molecular formula is C18H21N3OS. The molecular weight excluding hydrogens is 306 g/mol. The van der Waals surface area contributed by atoms with Crippen molar-refractivity contribution >= 4 is 28.5 Å². The number of carbonyl (C=O) groups excluding carboxylic acids is 1. The lowest BCUT2D eigenvalue weighted by atomic mass is 9.90. The Morgan fingerprint density at radius 3 is 2.87 bits per heavy atom. The quantitative estimate of drug-likeness (QED) is 0.926. The largest absolute Gasteiger partial charge is 0.352 e. The lowest BCUT2D eigenvalue weighted by Crippen LogP contribution is -2.38. The second kappa shape index (κ2) is 6.04. The van der Waals surface area contributed by atoms with Gasteiger partial charge in [-0.1, -0.05) is 48.9 Å². The number of nitrogens with zero attached hydrogens (tertiary/aromatic N) is 2. The third-order valence-electron chi connectivity index (χ3n) is 4.83. The number of rotatable bonds is 3. The highest BCUT2D eigenvalue weighted by Gasteiger charge is 2.41. The first kappa shape index (κ1) is 14.8. The number of aliphatic imine (C=N–C) groups is 1. The van der Waals surface area contributed by atoms with E-state index in [4.69, 9.17) is 4.99 Å². The Morgan fingerprint density at radius 1 is 1.30 bits per heavy atom. The zero-order valence-electron chi connectivity index (χ0n) is 13.3. The summed E-state index contributed by atoms with van der Waals surface area (Å²) >= 11 is 1.76. The molecule has 23 heavy (non-hydrogen) atoms. The monoisotopic (exact) mass is 327 g/mol. The highest BCUT2D eigenvalue weighted by Crippen LogP contribution is 2.43. The van der Waals surface area contributed by atoms with Crippen molar-refractivity contribution < 1.29 is 4.79 Å². The average molecular weight is 327 g/mol. The number of thioether (sulfide) groups is 1. The highest BCUT2D eigenvalue weighted by atomic mass is 32.2. The van der Waals surface area contributed by atoms with E-state index in [1.165, 1.54) is 42.1 Å². The molecule has 0 unspecified atom stereocenters. The molecule has 1 aromatic carbocycles. The minimum absolute atomic E-state index is 0.00485. The minimum atomic E-state index is 0.00485. The van der Waals surface area contributed by atoms with E-state index in [0.29, 0.717) is 18.6 Å². The predicted molar refractivity (Wildman–Crippen MR) is 94.8 cm³/mol. The van der Waals surface area contributed by atoms with Crippen molar-refractivity contribution in [2.45, 2.75) is 51.2 Å². The molecule has 1 N–H and O–H groups in total. The van der Waals surface area contributed by atoms with Crippen molar-refractivity contribution in [1.82, 2.24) is 10.2 Å². The summed E-state index contributed by atoms with van der Waals surface area (Å²) in [5.74, 6) is 0.00485. The Balaban J connectivity index is 1.52. The van der Waals surface area contributed by atoms with Gasteiger partial charge in [-0.05, 0) is 24.0 Å². The second-order valence-corrected chi connectivity index (χ2v) is 7.26. The molecule has 5 heteroatoms. The number of hydrogen-bond acceptors (Lipinski definition) is 4. The molecule has 1 aliphatic carbocycles. The fourth-order valence-corrected chi connectivity index (χ4v) is 4.66. The lowest BCUT2D eigenvalue weighted by Gasteiger charge is -2.32. The Bertz CT molecular complexity index is 680. The molecule has 0 bridgehead atoms. The number of carbonyl (C=O) groups is 1. The number of amides is 1. The molecule has 2 atom stereocenters. The van der Waals surface area contributed by atoms with Gasteiger partial charge in [-0.15, -0.1) is 0 Å². The van der Waals surface area contributed by atoms with Crippen LogP contribution < -0.4 is 5.32 Å². The molecule has 3 aliphatic rings. The summed E-state index contributed by atoms with van der Waals surface area (Å²) in [5.41, 5.74) is 3.65. The van der Waals surface area contributed by atoms with Crippen LogP contribution in [0.2, 0.25) is 0 Å². The van der Waals surface area contributed by atoms with Gasteiger partial charge in [0.2, 0.25) is 5.91 Å². The van der Waals surface area contributed by atoms with Crippen molar-refractivity contribution in [3.05, 3.63) is 40.8 Å². The van der Waals surface area contributed by atoms with Gasteiger partial charge in [0.05, 0.1) is 17.8 Å². The maximum absolute atomic E-state index is 11.0. The molecule has 4 rings (SSSR count). The first-order valence-corrected chi connectivity index (χ1v) is 9.18. The van der Waals surface area contributed by atoms with Gasteiger partial charge in [-0.25, -0.2) is 0 Å². The van der Waals surface area contributed by atoms with Crippen molar-refractivity contribution in [2.75, 3.05) is 0 Å². The average Bonchev–Trinajstić information content (AvgIpc) is 3.12. The minimum Gasteiger partial charge on any atom is -0.352 e. The topological polar surface area (TPSA) is 44.7 Å². The van der Waals surface area contributed by atoms with Crippen LogP contribution in [-0.4, -0.2) is 28.1 Å². The van der Waals surface area contributed by atoms with Gasteiger partial charge in [0.25, 0.3) is 0 Å². The standard InChI is InChI=1S/C18H21N3OS/c1-12(22)19-10-13-6-8-14(9-7-13)17-11-23-18-20-15-4-2-3-5-16(15)21(17)18/h6-9,11,15-16H,2-5,10H2,1H3,(H,19,22)/t15-,16+/m0/s1. The summed E-state index contributed by atoms with van der Waals surface area (Å²) in [5, 5.41) is 6.25. The van der Waals surface area contributed by atoms with E-state index >= 15 is 0 Å². The van der Waals surface area contributed by atoms with Gasteiger partial charge in [-0.2, -0.15) is 0 Å². The second-order valence-electron chi connectivity index (χ2n) is 6.43. The number of benzene rings is 1. The van der Waals surface area contributed by atoms with Crippen LogP contribution in [0, 0.1) is 0 Å². The van der Waals surface area contributed by atoms with E-state index < -0.39 is 0 Å². The van der Waals surface area contributed by atoms with Crippen LogP contribution in [0.15, 0.2) is 34.7 Å². The molecule has 0 aromatic heterocycles. The van der Waals surface area contributed by atoms with Gasteiger partial charge < -0.3 is 10.2 Å². The van der Waals surface area contributed by atoms with Crippen LogP contribution in [0.3, 0.4) is 0 Å². The van der Waals surface area contributed by atoms with Crippen molar-refractivity contribution in [2.24, 2.45) is 4.99 Å². The van der Waals surface area contributed by atoms with Crippen LogP contribution in [0.5, 0.6) is 0 Å². The lowest BCUT2D eigenvalue weighted by molar-refractivity contribution is -0.119. The fourth-order valence-electron chi connectivity index (χ4n) is 3.65. The Morgan fingerprint density at radius 2 is 2.09 bits per heavy atom. The van der Waals surface area contributed by atoms with E-state index in [-0.39, 0.29) is 5.91 Å². The van der Waals surface area contributed by atoms with Crippen molar-refractivity contribution in [3.8, 4) is 0 Å². The summed E-state index contributed by atoms with van der Waals surface area (Å²) in [6, 6.07) is 9.56. The van der Waals surface area contributed by atoms with Crippen LogP contribution >= 0.6 is 11.8 Å². The Hall–Kier alpha value is -1.75. The third-order valence-corrected chi connectivity index (χ3v) is 5.69. The van der Waals surface area contributed by atoms with Crippen LogP contribution in [-0.2, 0) is 11.3 Å². The maximum Gasteiger partial charge on any atom is 0.217 e. The van der Waals surface area contributed by atoms with Gasteiger partial charge in [0, 0.05) is 18.9 Å². The Kier molecular flexibility index (Phi) is 3.89. The molecule has 4 nitrogen and oxygen atoms in total. The first-order valence-electron chi connectivity index (χ1n) is 8.30. The molecule has 1 amide bonds. The van der Waals surface area contributed by atoms with Crippen LogP contribution in [0.4, 0.5) is 0 Å². The summed E-state index contributed by atoms with van der Waals surface area (Å²) in [6.45, 7) is 2.13. The smallest absolute Gasteiger partial charge is 0.217 e. The zero-order chi connectivity index (χ0) is 15.8. The molecule has 1 saturated carbocycles. The maximum atomic E-state index is 11.0. The summed E-state index contributed by atoms with van der Waals surface area (Å²) in [7, 11) is 0. The van der Waals surface area contributed by atoms with Crippen molar-refractivity contribution in [1.29, 1.82) is 0 Å². The number of amidine groups is 1. The zero-order valence-corrected chi connectivity index (χ0v) is 14.1. The van der Waals surface area contributed by atoms with E-state index in [1.54, 1.807) is 18.7 Å². The fraction of sp³-hybridized carbons (Fsp3) is 0.444. The van der Waals surface area contributed by atoms with Crippen molar-refractivity contribution in [3.63, 3.8) is 0 Å². The molecule has 1 fully saturated rings. The molecule has 0 spiro atoms. The normalized spacial score (nSPS) is 25.5. The highest BCUT2D eigenvalue weighted by molar-refractivity contribution is 8.16.